The van der Waals surface area contributed by atoms with Crippen LogP contribution < -0.4 is 5.32 Å². The molecule has 138 valence electrons. The van der Waals surface area contributed by atoms with Crippen molar-refractivity contribution in [2.75, 3.05) is 13.1 Å². The number of hydrogen-bond donors (Lipinski definition) is 1. The number of carbonyl (C=O) groups is 1. The van der Waals surface area contributed by atoms with Crippen molar-refractivity contribution in [2.45, 2.75) is 45.3 Å². The molecule has 2 bridgehead atoms. The fourth-order valence-electron chi connectivity index (χ4n) is 4.36. The Morgan fingerprint density at radius 2 is 2.12 bits per heavy atom. The van der Waals surface area contributed by atoms with Gasteiger partial charge in [-0.15, -0.1) is 5.10 Å². The third-order valence-corrected chi connectivity index (χ3v) is 5.65. The lowest BCUT2D eigenvalue weighted by Crippen LogP contribution is -2.58. The minimum absolute atomic E-state index is 0.137. The van der Waals surface area contributed by atoms with Crippen LogP contribution in [-0.2, 0) is 11.3 Å². The predicted molar refractivity (Wildman–Crippen MR) is 100 cm³/mol. The molecule has 4 heterocycles. The van der Waals surface area contributed by atoms with Gasteiger partial charge in [-0.1, -0.05) is 35.5 Å². The monoisotopic (exact) mass is 353 g/mol. The van der Waals surface area contributed by atoms with Crippen molar-refractivity contribution in [2.24, 2.45) is 11.8 Å². The Balaban J connectivity index is 1.40. The molecule has 1 aromatic heterocycles. The van der Waals surface area contributed by atoms with Gasteiger partial charge in [-0.05, 0) is 39.2 Å². The second kappa shape index (κ2) is 7.19. The minimum Gasteiger partial charge on any atom is -0.354 e. The Morgan fingerprint density at radius 1 is 1.31 bits per heavy atom. The van der Waals surface area contributed by atoms with E-state index in [-0.39, 0.29) is 17.9 Å². The third kappa shape index (κ3) is 3.51. The standard InChI is InChI=1S/C20H27N5O/c1-14(2)21-20(26)18-12-24-9-8-16(18)10-17(24)11-25-13-19(22-23-25)15-6-4-3-5-7-15/h3-7,13-14,16-18H,8-12H2,1-2H3,(H,21,26)/t16-,17-,18-/m1/s1. The fourth-order valence-corrected chi connectivity index (χ4v) is 4.36. The molecule has 3 aliphatic rings. The SMILES string of the molecule is CC(C)NC(=O)[C@@H]1CN2CC[C@@H]1C[C@@H]2Cn1cc(-c2ccccc2)nn1. The molecule has 3 aliphatic heterocycles. The molecule has 5 rings (SSSR count). The van der Waals surface area contributed by atoms with Crippen LogP contribution in [0.25, 0.3) is 11.3 Å². The summed E-state index contributed by atoms with van der Waals surface area (Å²) in [6.07, 6.45) is 4.22. The molecule has 2 aromatic rings. The van der Waals surface area contributed by atoms with Crippen LogP contribution in [0.3, 0.4) is 0 Å². The zero-order chi connectivity index (χ0) is 18.1. The summed E-state index contributed by atoms with van der Waals surface area (Å²) in [4.78, 5) is 14.9. The van der Waals surface area contributed by atoms with Crippen molar-refractivity contribution in [3.05, 3.63) is 36.5 Å². The highest BCUT2D eigenvalue weighted by molar-refractivity contribution is 5.79. The first kappa shape index (κ1) is 17.2. The third-order valence-electron chi connectivity index (χ3n) is 5.65. The summed E-state index contributed by atoms with van der Waals surface area (Å²) in [5.41, 5.74) is 2.00. The number of piperidine rings is 3. The van der Waals surface area contributed by atoms with Crippen LogP contribution in [-0.4, -0.2) is 51.0 Å². The van der Waals surface area contributed by atoms with Crippen LogP contribution in [0.1, 0.15) is 26.7 Å². The van der Waals surface area contributed by atoms with Crippen molar-refractivity contribution in [1.82, 2.24) is 25.2 Å². The number of fused-ring (bicyclic) bond motifs is 3. The number of nitrogens with zero attached hydrogens (tertiary/aromatic N) is 4. The topological polar surface area (TPSA) is 63.1 Å². The Labute approximate surface area is 154 Å². The van der Waals surface area contributed by atoms with E-state index in [4.69, 9.17) is 0 Å². The highest BCUT2D eigenvalue weighted by Gasteiger charge is 2.43. The van der Waals surface area contributed by atoms with Gasteiger partial charge in [-0.25, -0.2) is 0 Å². The zero-order valence-electron chi connectivity index (χ0n) is 15.5. The molecule has 0 saturated carbocycles. The molecule has 1 N–H and O–H groups in total. The molecule has 4 atom stereocenters. The molecule has 26 heavy (non-hydrogen) atoms. The quantitative estimate of drug-likeness (QED) is 0.895. The van der Waals surface area contributed by atoms with Gasteiger partial charge >= 0.3 is 0 Å². The second-order valence-corrected chi connectivity index (χ2v) is 7.89. The number of aromatic nitrogens is 3. The molecule has 6 nitrogen and oxygen atoms in total. The number of amides is 1. The molecule has 3 fully saturated rings. The van der Waals surface area contributed by atoms with E-state index in [1.165, 1.54) is 0 Å². The highest BCUT2D eigenvalue weighted by Crippen LogP contribution is 2.37. The largest absolute Gasteiger partial charge is 0.354 e. The molecular formula is C20H27N5O. The summed E-state index contributed by atoms with van der Waals surface area (Å²) >= 11 is 0. The van der Waals surface area contributed by atoms with Gasteiger partial charge in [0.25, 0.3) is 0 Å². The molecule has 0 radical (unpaired) electrons. The van der Waals surface area contributed by atoms with Crippen LogP contribution in [0.2, 0.25) is 0 Å². The van der Waals surface area contributed by atoms with Crippen LogP contribution >= 0.6 is 0 Å². The molecule has 1 unspecified atom stereocenters. The second-order valence-electron chi connectivity index (χ2n) is 7.89. The van der Waals surface area contributed by atoms with E-state index in [0.717, 1.165) is 43.7 Å². The predicted octanol–water partition coefficient (Wildman–Crippen LogP) is 2.18. The maximum absolute atomic E-state index is 12.5. The van der Waals surface area contributed by atoms with Crippen molar-refractivity contribution in [3.63, 3.8) is 0 Å². The highest BCUT2D eigenvalue weighted by atomic mass is 16.2. The van der Waals surface area contributed by atoms with Gasteiger partial charge in [0.05, 0.1) is 18.7 Å². The average molecular weight is 353 g/mol. The lowest BCUT2D eigenvalue weighted by molar-refractivity contribution is -0.133. The Bertz CT molecular complexity index is 757. The van der Waals surface area contributed by atoms with Gasteiger partial charge < -0.3 is 5.32 Å². The van der Waals surface area contributed by atoms with E-state index in [1.54, 1.807) is 0 Å². The Hall–Kier alpha value is -2.21. The van der Waals surface area contributed by atoms with Gasteiger partial charge in [-0.3, -0.25) is 14.4 Å². The molecule has 6 heteroatoms. The van der Waals surface area contributed by atoms with Gasteiger partial charge in [0.1, 0.15) is 5.69 Å². The summed E-state index contributed by atoms with van der Waals surface area (Å²) in [5.74, 6) is 0.846. The summed E-state index contributed by atoms with van der Waals surface area (Å²) in [6, 6.07) is 10.8. The number of rotatable bonds is 5. The van der Waals surface area contributed by atoms with Gasteiger partial charge in [0.2, 0.25) is 5.91 Å². The van der Waals surface area contributed by atoms with E-state index in [9.17, 15) is 4.79 Å². The molecular weight excluding hydrogens is 326 g/mol. The maximum atomic E-state index is 12.5. The van der Waals surface area contributed by atoms with E-state index >= 15 is 0 Å². The number of carbonyl (C=O) groups excluding carboxylic acids is 1. The number of benzene rings is 1. The number of hydrogen-bond acceptors (Lipinski definition) is 4. The van der Waals surface area contributed by atoms with Crippen molar-refractivity contribution in [3.8, 4) is 11.3 Å². The van der Waals surface area contributed by atoms with Crippen molar-refractivity contribution >= 4 is 5.91 Å². The first-order valence-corrected chi connectivity index (χ1v) is 9.60. The molecule has 0 aliphatic carbocycles. The minimum atomic E-state index is 0.137. The van der Waals surface area contributed by atoms with E-state index in [0.29, 0.717) is 12.0 Å². The first-order chi connectivity index (χ1) is 12.6. The van der Waals surface area contributed by atoms with Gasteiger partial charge in [0.15, 0.2) is 0 Å². The summed E-state index contributed by atoms with van der Waals surface area (Å²) in [5, 5.41) is 11.7. The summed E-state index contributed by atoms with van der Waals surface area (Å²) in [7, 11) is 0. The Morgan fingerprint density at radius 3 is 2.81 bits per heavy atom. The van der Waals surface area contributed by atoms with E-state index in [1.807, 2.05) is 42.9 Å². The molecule has 1 aromatic carbocycles. The van der Waals surface area contributed by atoms with Crippen molar-refractivity contribution in [1.29, 1.82) is 0 Å². The van der Waals surface area contributed by atoms with Gasteiger partial charge in [0, 0.05) is 24.2 Å². The smallest absolute Gasteiger partial charge is 0.224 e. The van der Waals surface area contributed by atoms with E-state index in [2.05, 4.69) is 32.7 Å². The first-order valence-electron chi connectivity index (χ1n) is 9.60. The lowest BCUT2D eigenvalue weighted by Gasteiger charge is -2.49. The van der Waals surface area contributed by atoms with Crippen LogP contribution in [0.15, 0.2) is 36.5 Å². The normalized spacial score (nSPS) is 27.7. The van der Waals surface area contributed by atoms with E-state index < -0.39 is 0 Å². The van der Waals surface area contributed by atoms with Crippen molar-refractivity contribution < 1.29 is 4.79 Å². The van der Waals surface area contributed by atoms with Gasteiger partial charge in [-0.2, -0.15) is 0 Å². The molecule has 1 amide bonds. The van der Waals surface area contributed by atoms with Crippen LogP contribution in [0, 0.1) is 11.8 Å². The Kier molecular flexibility index (Phi) is 4.76. The lowest BCUT2D eigenvalue weighted by atomic mass is 9.75. The maximum Gasteiger partial charge on any atom is 0.224 e. The number of nitrogens with one attached hydrogen (secondary N) is 1. The molecule has 3 saturated heterocycles. The molecule has 0 spiro atoms. The summed E-state index contributed by atoms with van der Waals surface area (Å²) < 4.78 is 1.96. The zero-order valence-corrected chi connectivity index (χ0v) is 15.5. The average Bonchev–Trinajstić information content (AvgIpc) is 3.11. The summed E-state index contributed by atoms with van der Waals surface area (Å²) in [6.45, 7) is 6.85. The van der Waals surface area contributed by atoms with Crippen LogP contribution in [0.4, 0.5) is 0 Å². The fraction of sp³-hybridized carbons (Fsp3) is 0.550. The van der Waals surface area contributed by atoms with Crippen LogP contribution in [0.5, 0.6) is 0 Å².